The van der Waals surface area contributed by atoms with Crippen LogP contribution < -0.4 is 5.73 Å². The van der Waals surface area contributed by atoms with Gasteiger partial charge in [0.1, 0.15) is 12.4 Å². The summed E-state index contributed by atoms with van der Waals surface area (Å²) in [5, 5.41) is 9.09. The number of fused-ring (bicyclic) bond motifs is 1. The average molecular weight is 267 g/mol. The molecule has 0 fully saturated rings. The number of aromatic nitrogens is 2. The molecule has 2 aromatic carbocycles. The van der Waals surface area contributed by atoms with Crippen molar-refractivity contribution in [2.75, 3.05) is 5.73 Å². The molecule has 0 saturated heterocycles. The molecule has 1 heterocycles. The number of nitrogen functional groups attached to an aromatic ring is 1. The van der Waals surface area contributed by atoms with Gasteiger partial charge in [-0.3, -0.25) is 4.79 Å². The summed E-state index contributed by atoms with van der Waals surface area (Å²) >= 11 is 0. The molecule has 0 aliphatic carbocycles. The van der Waals surface area contributed by atoms with Gasteiger partial charge in [-0.25, -0.2) is 4.98 Å². The number of imidazole rings is 1. The summed E-state index contributed by atoms with van der Waals surface area (Å²) in [7, 11) is 0. The minimum Gasteiger partial charge on any atom is -0.480 e. The van der Waals surface area contributed by atoms with Gasteiger partial charge >= 0.3 is 5.97 Å². The molecule has 3 N–H and O–H groups in total. The van der Waals surface area contributed by atoms with Gasteiger partial charge < -0.3 is 15.4 Å². The van der Waals surface area contributed by atoms with Crippen LogP contribution in [0.4, 0.5) is 5.69 Å². The largest absolute Gasteiger partial charge is 0.480 e. The van der Waals surface area contributed by atoms with Crippen molar-refractivity contribution >= 4 is 22.7 Å². The van der Waals surface area contributed by atoms with Crippen molar-refractivity contribution in [1.82, 2.24) is 9.55 Å². The number of hydrogen-bond acceptors (Lipinski definition) is 3. The molecule has 0 aliphatic rings. The van der Waals surface area contributed by atoms with Crippen molar-refractivity contribution in [2.24, 2.45) is 0 Å². The molecule has 0 amide bonds. The second kappa shape index (κ2) is 4.70. The first kappa shape index (κ1) is 12.2. The molecule has 0 spiro atoms. The number of rotatable bonds is 3. The Morgan fingerprint density at radius 2 is 1.85 bits per heavy atom. The van der Waals surface area contributed by atoms with E-state index >= 15 is 0 Å². The van der Waals surface area contributed by atoms with E-state index in [2.05, 4.69) is 4.98 Å². The molecule has 20 heavy (non-hydrogen) atoms. The lowest BCUT2D eigenvalue weighted by atomic mass is 10.2. The van der Waals surface area contributed by atoms with Crippen molar-refractivity contribution in [3.63, 3.8) is 0 Å². The summed E-state index contributed by atoms with van der Waals surface area (Å²) < 4.78 is 1.70. The van der Waals surface area contributed by atoms with Gasteiger partial charge in [-0.1, -0.05) is 12.1 Å². The van der Waals surface area contributed by atoms with E-state index in [0.717, 1.165) is 16.6 Å². The van der Waals surface area contributed by atoms with Crippen LogP contribution in [-0.2, 0) is 11.3 Å². The second-order valence-electron chi connectivity index (χ2n) is 4.53. The topological polar surface area (TPSA) is 81.1 Å². The monoisotopic (exact) mass is 267 g/mol. The lowest BCUT2D eigenvalue weighted by Gasteiger charge is -2.06. The van der Waals surface area contributed by atoms with Gasteiger partial charge in [-0.05, 0) is 36.4 Å². The summed E-state index contributed by atoms with van der Waals surface area (Å²) in [6.45, 7) is -0.125. The van der Waals surface area contributed by atoms with Crippen molar-refractivity contribution in [2.45, 2.75) is 6.54 Å². The maximum atomic E-state index is 11.1. The quantitative estimate of drug-likeness (QED) is 0.714. The molecule has 100 valence electrons. The molecule has 3 aromatic rings. The Balaban J connectivity index is 2.23. The summed E-state index contributed by atoms with van der Waals surface area (Å²) in [4.78, 5) is 15.6. The molecule has 0 bridgehead atoms. The van der Waals surface area contributed by atoms with Crippen molar-refractivity contribution in [3.8, 4) is 11.4 Å². The van der Waals surface area contributed by atoms with E-state index in [-0.39, 0.29) is 6.54 Å². The Labute approximate surface area is 115 Å². The van der Waals surface area contributed by atoms with Gasteiger partial charge in [0.2, 0.25) is 0 Å². The van der Waals surface area contributed by atoms with Crippen molar-refractivity contribution in [3.05, 3.63) is 48.5 Å². The summed E-state index contributed by atoms with van der Waals surface area (Å²) in [6, 6.07) is 14.7. The van der Waals surface area contributed by atoms with E-state index in [0.29, 0.717) is 11.5 Å². The van der Waals surface area contributed by atoms with E-state index in [1.54, 1.807) is 16.7 Å². The first-order valence-electron chi connectivity index (χ1n) is 6.18. The van der Waals surface area contributed by atoms with E-state index in [4.69, 9.17) is 10.8 Å². The number of carboxylic acids is 1. The van der Waals surface area contributed by atoms with Crippen LogP contribution in [0.3, 0.4) is 0 Å². The highest BCUT2D eigenvalue weighted by atomic mass is 16.4. The molecule has 5 nitrogen and oxygen atoms in total. The second-order valence-corrected chi connectivity index (χ2v) is 4.53. The number of nitrogens with zero attached hydrogens (tertiary/aromatic N) is 2. The predicted octanol–water partition coefficient (Wildman–Crippen LogP) is 2.37. The number of nitrogens with two attached hydrogens (primary N) is 1. The third-order valence-electron chi connectivity index (χ3n) is 3.12. The molecular formula is C15H13N3O2. The molecular weight excluding hydrogens is 254 g/mol. The molecule has 5 heteroatoms. The first-order valence-corrected chi connectivity index (χ1v) is 6.18. The third-order valence-corrected chi connectivity index (χ3v) is 3.12. The minimum absolute atomic E-state index is 0.125. The Hall–Kier alpha value is -2.82. The van der Waals surface area contributed by atoms with E-state index in [1.807, 2.05) is 36.4 Å². The number of benzene rings is 2. The van der Waals surface area contributed by atoms with E-state index in [9.17, 15) is 4.79 Å². The lowest BCUT2D eigenvalue weighted by Crippen LogP contribution is -2.10. The SMILES string of the molecule is Nc1ccc(-c2nc3ccccc3n2CC(=O)O)cc1. The van der Waals surface area contributed by atoms with Crippen LogP contribution in [0.5, 0.6) is 0 Å². The first-order chi connectivity index (χ1) is 9.65. The van der Waals surface area contributed by atoms with Gasteiger partial charge in [0.05, 0.1) is 11.0 Å². The van der Waals surface area contributed by atoms with Crippen LogP contribution in [-0.4, -0.2) is 20.6 Å². The van der Waals surface area contributed by atoms with E-state index < -0.39 is 5.97 Å². The molecule has 0 unspecified atom stereocenters. The lowest BCUT2D eigenvalue weighted by molar-refractivity contribution is -0.137. The highest BCUT2D eigenvalue weighted by Crippen LogP contribution is 2.25. The van der Waals surface area contributed by atoms with Crippen LogP contribution in [0.15, 0.2) is 48.5 Å². The van der Waals surface area contributed by atoms with Crippen LogP contribution in [0.2, 0.25) is 0 Å². The number of aliphatic carboxylic acids is 1. The molecule has 1 aromatic heterocycles. The highest BCUT2D eigenvalue weighted by molar-refractivity contribution is 5.83. The summed E-state index contributed by atoms with van der Waals surface area (Å²) in [5.74, 6) is -0.265. The van der Waals surface area contributed by atoms with E-state index in [1.165, 1.54) is 0 Å². The third kappa shape index (κ3) is 2.09. The number of hydrogen-bond donors (Lipinski definition) is 2. The average Bonchev–Trinajstić information content (AvgIpc) is 2.78. The molecule has 0 atom stereocenters. The van der Waals surface area contributed by atoms with Gasteiger partial charge in [0.15, 0.2) is 0 Å². The highest BCUT2D eigenvalue weighted by Gasteiger charge is 2.14. The fourth-order valence-electron chi connectivity index (χ4n) is 2.22. The zero-order valence-electron chi connectivity index (χ0n) is 10.7. The zero-order valence-corrected chi connectivity index (χ0v) is 10.7. The smallest absolute Gasteiger partial charge is 0.323 e. The summed E-state index contributed by atoms with van der Waals surface area (Å²) in [5.41, 5.74) is 8.77. The molecule has 3 rings (SSSR count). The maximum absolute atomic E-state index is 11.1. The van der Waals surface area contributed by atoms with Gasteiger partial charge in [0.25, 0.3) is 0 Å². The number of para-hydroxylation sites is 2. The van der Waals surface area contributed by atoms with Gasteiger partial charge in [0, 0.05) is 11.3 Å². The van der Waals surface area contributed by atoms with Crippen LogP contribution in [0.25, 0.3) is 22.4 Å². The normalized spacial score (nSPS) is 10.8. The predicted molar refractivity (Wildman–Crippen MR) is 77.2 cm³/mol. The summed E-state index contributed by atoms with van der Waals surface area (Å²) in [6.07, 6.45) is 0. The van der Waals surface area contributed by atoms with Crippen LogP contribution in [0, 0.1) is 0 Å². The zero-order chi connectivity index (χ0) is 14.1. The number of carbonyl (C=O) groups is 1. The van der Waals surface area contributed by atoms with Crippen LogP contribution >= 0.6 is 0 Å². The fraction of sp³-hybridized carbons (Fsp3) is 0.0667. The van der Waals surface area contributed by atoms with Crippen molar-refractivity contribution in [1.29, 1.82) is 0 Å². The standard InChI is InChI=1S/C15H13N3O2/c16-11-7-5-10(6-8-11)15-17-12-3-1-2-4-13(12)18(15)9-14(19)20/h1-8H,9,16H2,(H,19,20). The minimum atomic E-state index is -0.898. The molecule has 0 aliphatic heterocycles. The van der Waals surface area contributed by atoms with Gasteiger partial charge in [-0.2, -0.15) is 0 Å². The van der Waals surface area contributed by atoms with Crippen molar-refractivity contribution < 1.29 is 9.90 Å². The Bertz CT molecular complexity index is 775. The number of anilines is 1. The molecule has 0 radical (unpaired) electrons. The van der Waals surface area contributed by atoms with Gasteiger partial charge in [-0.15, -0.1) is 0 Å². The maximum Gasteiger partial charge on any atom is 0.323 e. The Kier molecular flexibility index (Phi) is 2.87. The Morgan fingerprint density at radius 1 is 1.15 bits per heavy atom. The Morgan fingerprint density at radius 3 is 2.55 bits per heavy atom. The van der Waals surface area contributed by atoms with Crippen LogP contribution in [0.1, 0.15) is 0 Å². The number of carboxylic acid groups (broad SMARTS) is 1. The molecule has 0 saturated carbocycles. The fourth-order valence-corrected chi connectivity index (χ4v) is 2.22.